The molecular weight excluding hydrogens is 463 g/mol. The van der Waals surface area contributed by atoms with Crippen LogP contribution in [0.5, 0.6) is 11.6 Å². The molecular formula is C24H18F3N5O3. The van der Waals surface area contributed by atoms with Crippen LogP contribution in [-0.4, -0.2) is 33.7 Å². The van der Waals surface area contributed by atoms with E-state index in [-0.39, 0.29) is 35.5 Å². The van der Waals surface area contributed by atoms with Gasteiger partial charge in [-0.2, -0.15) is 18.2 Å². The van der Waals surface area contributed by atoms with Gasteiger partial charge in [0.2, 0.25) is 17.7 Å². The number of hydrogen-bond acceptors (Lipinski definition) is 6. The van der Waals surface area contributed by atoms with E-state index in [2.05, 4.69) is 20.6 Å². The lowest BCUT2D eigenvalue weighted by atomic mass is 10.0. The van der Waals surface area contributed by atoms with E-state index in [0.29, 0.717) is 17.6 Å². The maximum absolute atomic E-state index is 13.7. The third kappa shape index (κ3) is 3.37. The summed E-state index contributed by atoms with van der Waals surface area (Å²) < 4.78 is 46.9. The SMILES string of the molecule is CN1C(=O)c2c(Oc3nc(Nc4ccc5c(c4)CC(=O)N5)ncc3C(F)(F)F)cccc2C12CC2. The number of aromatic nitrogens is 2. The fourth-order valence-electron chi connectivity index (χ4n) is 4.73. The number of halogens is 3. The molecule has 6 rings (SSSR count). The predicted molar refractivity (Wildman–Crippen MR) is 119 cm³/mol. The highest BCUT2D eigenvalue weighted by Gasteiger charge is 2.57. The average Bonchev–Trinajstić information content (AvgIpc) is 3.48. The van der Waals surface area contributed by atoms with E-state index in [1.165, 1.54) is 6.07 Å². The zero-order valence-electron chi connectivity index (χ0n) is 18.4. The van der Waals surface area contributed by atoms with Gasteiger partial charge in [0, 0.05) is 24.6 Å². The number of carbonyl (C=O) groups excluding carboxylic acids is 2. The fraction of sp³-hybridized carbons (Fsp3) is 0.250. The number of nitrogens with zero attached hydrogens (tertiary/aromatic N) is 3. The molecule has 1 saturated carbocycles. The van der Waals surface area contributed by atoms with Crippen LogP contribution in [0.2, 0.25) is 0 Å². The lowest BCUT2D eigenvalue weighted by Gasteiger charge is -2.18. The van der Waals surface area contributed by atoms with Crippen LogP contribution in [0.4, 0.5) is 30.5 Å². The normalized spacial score (nSPS) is 17.3. The number of ether oxygens (including phenoxy) is 1. The van der Waals surface area contributed by atoms with Gasteiger partial charge in [-0.25, -0.2) is 4.98 Å². The van der Waals surface area contributed by atoms with E-state index >= 15 is 0 Å². The highest BCUT2D eigenvalue weighted by molar-refractivity contribution is 6.03. The smallest absolute Gasteiger partial charge is 0.423 e. The van der Waals surface area contributed by atoms with Crippen molar-refractivity contribution in [1.29, 1.82) is 0 Å². The summed E-state index contributed by atoms with van der Waals surface area (Å²) in [5.41, 5.74) is 1.37. The summed E-state index contributed by atoms with van der Waals surface area (Å²) in [6.07, 6.45) is -2.34. The van der Waals surface area contributed by atoms with Gasteiger partial charge in [0.15, 0.2) is 0 Å². The predicted octanol–water partition coefficient (Wildman–Crippen LogP) is 4.60. The van der Waals surface area contributed by atoms with Crippen molar-refractivity contribution in [3.63, 3.8) is 0 Å². The van der Waals surface area contributed by atoms with Crippen LogP contribution < -0.4 is 15.4 Å². The van der Waals surface area contributed by atoms with E-state index in [0.717, 1.165) is 24.0 Å². The second-order valence-corrected chi connectivity index (χ2v) is 8.81. The Bertz CT molecular complexity index is 1420. The minimum atomic E-state index is -4.77. The zero-order valence-corrected chi connectivity index (χ0v) is 18.4. The summed E-state index contributed by atoms with van der Waals surface area (Å²) in [6.45, 7) is 0. The molecule has 8 nitrogen and oxygen atoms in total. The van der Waals surface area contributed by atoms with Crippen LogP contribution in [0, 0.1) is 0 Å². The summed E-state index contributed by atoms with van der Waals surface area (Å²) in [4.78, 5) is 33.9. The molecule has 1 fully saturated rings. The maximum atomic E-state index is 13.7. The number of carbonyl (C=O) groups is 2. The highest BCUT2D eigenvalue weighted by Crippen LogP contribution is 2.57. The number of alkyl halides is 3. The topological polar surface area (TPSA) is 96.5 Å². The first-order valence-corrected chi connectivity index (χ1v) is 10.9. The largest absolute Gasteiger partial charge is 0.437 e. The van der Waals surface area contributed by atoms with Crippen molar-refractivity contribution in [1.82, 2.24) is 14.9 Å². The molecule has 2 aliphatic heterocycles. The Kier molecular flexibility index (Phi) is 4.38. The third-order valence-electron chi connectivity index (χ3n) is 6.66. The van der Waals surface area contributed by atoms with Gasteiger partial charge in [-0.05, 0) is 48.2 Å². The lowest BCUT2D eigenvalue weighted by molar-refractivity contribution is -0.139. The second-order valence-electron chi connectivity index (χ2n) is 8.81. The van der Waals surface area contributed by atoms with Crippen LogP contribution in [-0.2, 0) is 22.9 Å². The summed E-state index contributed by atoms with van der Waals surface area (Å²) in [5.74, 6) is -1.26. The number of nitrogens with one attached hydrogen (secondary N) is 2. The first-order chi connectivity index (χ1) is 16.7. The number of benzene rings is 2. The molecule has 1 aromatic heterocycles. The third-order valence-corrected chi connectivity index (χ3v) is 6.66. The number of hydrogen-bond donors (Lipinski definition) is 2. The molecule has 178 valence electrons. The number of rotatable bonds is 4. The highest BCUT2D eigenvalue weighted by atomic mass is 19.4. The van der Waals surface area contributed by atoms with Crippen LogP contribution >= 0.6 is 0 Å². The van der Waals surface area contributed by atoms with Gasteiger partial charge in [-0.1, -0.05) is 12.1 Å². The van der Waals surface area contributed by atoms with Crippen molar-refractivity contribution < 1.29 is 27.5 Å². The first-order valence-electron chi connectivity index (χ1n) is 10.9. The molecule has 2 N–H and O–H groups in total. The lowest BCUT2D eigenvalue weighted by Crippen LogP contribution is -2.28. The maximum Gasteiger partial charge on any atom is 0.423 e. The van der Waals surface area contributed by atoms with Crippen molar-refractivity contribution in [2.75, 3.05) is 17.7 Å². The van der Waals surface area contributed by atoms with Gasteiger partial charge >= 0.3 is 6.18 Å². The number of fused-ring (bicyclic) bond motifs is 3. The van der Waals surface area contributed by atoms with Gasteiger partial charge in [0.05, 0.1) is 17.5 Å². The van der Waals surface area contributed by atoms with Crippen LogP contribution in [0.1, 0.15) is 39.9 Å². The van der Waals surface area contributed by atoms with Gasteiger partial charge in [0.25, 0.3) is 5.91 Å². The molecule has 2 amide bonds. The Morgan fingerprint density at radius 1 is 1.17 bits per heavy atom. The van der Waals surface area contributed by atoms with E-state index in [1.807, 2.05) is 6.07 Å². The standard InChI is InChI=1S/C24H18F3N5O3/c1-32-21(34)19-14(23(32)7-8-23)3-2-4-17(19)35-20-15(24(25,26)27)11-28-22(31-20)29-13-5-6-16-12(9-13)10-18(33)30-16/h2-6,9,11H,7-8,10H2,1H3,(H,30,33)(H,28,29,31). The van der Waals surface area contributed by atoms with Crippen molar-refractivity contribution in [3.8, 4) is 11.6 Å². The molecule has 3 heterocycles. The van der Waals surface area contributed by atoms with Gasteiger partial charge in [-0.15, -0.1) is 0 Å². The van der Waals surface area contributed by atoms with E-state index in [9.17, 15) is 22.8 Å². The fourth-order valence-corrected chi connectivity index (χ4v) is 4.73. The van der Waals surface area contributed by atoms with Crippen LogP contribution in [0.15, 0.2) is 42.6 Å². The molecule has 35 heavy (non-hydrogen) atoms. The van der Waals surface area contributed by atoms with Gasteiger partial charge < -0.3 is 20.3 Å². The molecule has 0 atom stereocenters. The minimum Gasteiger partial charge on any atom is -0.437 e. The second kappa shape index (κ2) is 7.17. The molecule has 3 aliphatic rings. The number of anilines is 3. The van der Waals surface area contributed by atoms with Crippen molar-refractivity contribution in [2.24, 2.45) is 0 Å². The minimum absolute atomic E-state index is 0.0143. The van der Waals surface area contributed by atoms with Gasteiger partial charge in [0.1, 0.15) is 11.3 Å². The van der Waals surface area contributed by atoms with E-state index in [4.69, 9.17) is 4.74 Å². The molecule has 2 aromatic carbocycles. The van der Waals surface area contributed by atoms with Crippen molar-refractivity contribution in [3.05, 3.63) is 64.8 Å². The molecule has 3 aromatic rings. The molecule has 11 heteroatoms. The molecule has 1 aliphatic carbocycles. The average molecular weight is 481 g/mol. The Morgan fingerprint density at radius 3 is 2.71 bits per heavy atom. The summed E-state index contributed by atoms with van der Waals surface area (Å²) >= 11 is 0. The molecule has 0 unspecified atom stereocenters. The summed E-state index contributed by atoms with van der Waals surface area (Å²) in [5, 5.41) is 5.57. The van der Waals surface area contributed by atoms with Crippen LogP contribution in [0.25, 0.3) is 0 Å². The Hall–Kier alpha value is -4.15. The molecule has 0 bridgehead atoms. The van der Waals surface area contributed by atoms with Gasteiger partial charge in [-0.3, -0.25) is 9.59 Å². The molecule has 1 spiro atoms. The molecule has 0 radical (unpaired) electrons. The Balaban J connectivity index is 1.36. The molecule has 0 saturated heterocycles. The Labute approximate surface area is 197 Å². The van der Waals surface area contributed by atoms with E-state index < -0.39 is 23.2 Å². The number of amides is 2. The monoisotopic (exact) mass is 481 g/mol. The quantitative estimate of drug-likeness (QED) is 0.566. The van der Waals surface area contributed by atoms with E-state index in [1.54, 1.807) is 36.2 Å². The van der Waals surface area contributed by atoms with Crippen molar-refractivity contribution >= 4 is 29.1 Å². The van der Waals surface area contributed by atoms with Crippen LogP contribution in [0.3, 0.4) is 0 Å². The first kappa shape index (κ1) is 21.4. The summed E-state index contributed by atoms with van der Waals surface area (Å²) in [6, 6.07) is 9.97. The van der Waals surface area contributed by atoms with Crippen molar-refractivity contribution in [2.45, 2.75) is 31.0 Å². The summed E-state index contributed by atoms with van der Waals surface area (Å²) in [7, 11) is 1.69. The zero-order chi connectivity index (χ0) is 24.5. The Morgan fingerprint density at radius 2 is 1.97 bits per heavy atom.